The molecule has 0 unspecified atom stereocenters. The van der Waals surface area contributed by atoms with Crippen LogP contribution in [0.1, 0.15) is 31.2 Å². The molecule has 3 heterocycles. The zero-order valence-electron chi connectivity index (χ0n) is 11.5. The van der Waals surface area contributed by atoms with E-state index in [1.807, 2.05) is 23.1 Å². The molecule has 0 fully saturated rings. The van der Waals surface area contributed by atoms with E-state index in [9.17, 15) is 9.59 Å². The van der Waals surface area contributed by atoms with Gasteiger partial charge in [0.2, 0.25) is 0 Å². The zero-order chi connectivity index (χ0) is 15.9. The van der Waals surface area contributed by atoms with Crippen LogP contribution in [0.25, 0.3) is 10.1 Å². The summed E-state index contributed by atoms with van der Waals surface area (Å²) < 4.78 is 3.27. The molecule has 2 aromatic heterocycles. The van der Waals surface area contributed by atoms with Gasteiger partial charge in [-0.25, -0.2) is 0 Å². The molecule has 3 aromatic rings. The fraction of sp³-hybridized carbons (Fsp3) is 0.125. The molecule has 0 N–H and O–H groups in total. The maximum Gasteiger partial charge on any atom is 0.269 e. The van der Waals surface area contributed by atoms with Crippen molar-refractivity contribution in [1.29, 1.82) is 0 Å². The molecular formula is C16H7Br2NO2S2. The van der Waals surface area contributed by atoms with Crippen LogP contribution in [0.3, 0.4) is 0 Å². The average molecular weight is 469 g/mol. The molecule has 1 aliphatic heterocycles. The summed E-state index contributed by atoms with van der Waals surface area (Å²) >= 11 is 10.4. The van der Waals surface area contributed by atoms with Gasteiger partial charge in [0, 0.05) is 28.6 Å². The Labute approximate surface area is 156 Å². The molecule has 0 saturated heterocycles. The van der Waals surface area contributed by atoms with E-state index in [4.69, 9.17) is 0 Å². The van der Waals surface area contributed by atoms with E-state index < -0.39 is 0 Å². The fourth-order valence-electron chi connectivity index (χ4n) is 3.20. The predicted molar refractivity (Wildman–Crippen MR) is 100 cm³/mol. The Morgan fingerprint density at radius 1 is 1.09 bits per heavy atom. The lowest BCUT2D eigenvalue weighted by Gasteiger charge is -2.22. The third-order valence-electron chi connectivity index (χ3n) is 4.37. The number of halogens is 2. The largest absolute Gasteiger partial charge is 0.303 e. The molecule has 0 spiro atoms. The second-order valence-corrected chi connectivity index (χ2v) is 10.3. The second kappa shape index (κ2) is 4.75. The van der Waals surface area contributed by atoms with Gasteiger partial charge in [0.1, 0.15) is 0 Å². The lowest BCUT2D eigenvalue weighted by Crippen LogP contribution is -2.25. The molecule has 0 saturated carbocycles. The van der Waals surface area contributed by atoms with E-state index in [-0.39, 0.29) is 11.7 Å². The number of carbonyl (C=O) groups is 2. The number of anilines is 1. The molecular weight excluding hydrogens is 462 g/mol. The van der Waals surface area contributed by atoms with E-state index in [1.165, 1.54) is 0 Å². The lowest BCUT2D eigenvalue weighted by molar-refractivity contribution is 0.0967. The number of hydrogen-bond donors (Lipinski definition) is 0. The summed E-state index contributed by atoms with van der Waals surface area (Å²) in [6.07, 6.45) is 0.486. The van der Waals surface area contributed by atoms with Gasteiger partial charge in [0.15, 0.2) is 5.78 Å². The van der Waals surface area contributed by atoms with E-state index in [0.717, 1.165) is 44.9 Å². The minimum atomic E-state index is 0.0515. The monoisotopic (exact) mass is 467 g/mol. The van der Waals surface area contributed by atoms with Gasteiger partial charge in [-0.2, -0.15) is 0 Å². The number of hydrogen-bond acceptors (Lipinski definition) is 4. The highest BCUT2D eigenvalue weighted by atomic mass is 79.9. The third-order valence-corrected chi connectivity index (χ3v) is 8.53. The number of benzene rings is 1. The lowest BCUT2D eigenvalue weighted by atomic mass is 9.87. The average Bonchev–Trinajstić information content (AvgIpc) is 3.11. The Hall–Kier alpha value is -1.02. The van der Waals surface area contributed by atoms with Crippen molar-refractivity contribution in [2.45, 2.75) is 13.0 Å². The van der Waals surface area contributed by atoms with Crippen LogP contribution < -0.4 is 4.90 Å². The van der Waals surface area contributed by atoms with Crippen molar-refractivity contribution in [1.82, 2.24) is 0 Å². The van der Waals surface area contributed by atoms with E-state index in [0.29, 0.717) is 13.0 Å². The predicted octanol–water partition coefficient (Wildman–Crippen LogP) is 5.39. The number of fused-ring (bicyclic) bond motifs is 4. The van der Waals surface area contributed by atoms with Crippen LogP contribution in [-0.2, 0) is 13.0 Å². The number of ketones is 1. The topological polar surface area (TPSA) is 37.4 Å². The Morgan fingerprint density at radius 2 is 1.91 bits per heavy atom. The summed E-state index contributed by atoms with van der Waals surface area (Å²) in [4.78, 5) is 26.9. The van der Waals surface area contributed by atoms with Crippen LogP contribution >= 0.6 is 54.5 Å². The van der Waals surface area contributed by atoms with Gasteiger partial charge in [0.05, 0.1) is 23.7 Å². The Bertz CT molecular complexity index is 1050. The molecule has 114 valence electrons. The van der Waals surface area contributed by atoms with Crippen molar-refractivity contribution in [3.05, 3.63) is 47.3 Å². The minimum Gasteiger partial charge on any atom is -0.303 e. The first-order valence-electron chi connectivity index (χ1n) is 6.91. The summed E-state index contributed by atoms with van der Waals surface area (Å²) in [5, 5.41) is 1.15. The molecule has 0 bridgehead atoms. The Morgan fingerprint density at radius 3 is 2.65 bits per heavy atom. The second-order valence-electron chi connectivity index (χ2n) is 5.60. The first-order chi connectivity index (χ1) is 11.0. The van der Waals surface area contributed by atoms with Gasteiger partial charge < -0.3 is 4.90 Å². The highest BCUT2D eigenvalue weighted by molar-refractivity contribution is 9.12. The van der Waals surface area contributed by atoms with Crippen LogP contribution in [0.5, 0.6) is 0 Å². The number of rotatable bonds is 1. The van der Waals surface area contributed by atoms with Crippen molar-refractivity contribution in [2.24, 2.45) is 0 Å². The van der Waals surface area contributed by atoms with Gasteiger partial charge in [-0.1, -0.05) is 0 Å². The highest BCUT2D eigenvalue weighted by Crippen LogP contribution is 2.49. The van der Waals surface area contributed by atoms with Gasteiger partial charge in [-0.05, 0) is 55.6 Å². The molecule has 0 atom stereocenters. The maximum atomic E-state index is 12.8. The van der Waals surface area contributed by atoms with Gasteiger partial charge in [-0.15, -0.1) is 22.7 Å². The molecule has 2 aliphatic rings. The standard InChI is InChI=1S/C16H7Br2NO2S2/c17-14-11-9-5-19(7-1-2-8-6(3-7)4-10(8)20)16(21)12(9)22-13(11)15(18)23-14/h1-3H,4-5H2. The summed E-state index contributed by atoms with van der Waals surface area (Å²) in [7, 11) is 0. The van der Waals surface area contributed by atoms with Crippen molar-refractivity contribution in [2.75, 3.05) is 4.90 Å². The number of nitrogens with zero attached hydrogens (tertiary/aromatic N) is 1. The number of carbonyl (C=O) groups excluding carboxylic acids is 2. The van der Waals surface area contributed by atoms with Crippen LogP contribution in [0.4, 0.5) is 5.69 Å². The molecule has 23 heavy (non-hydrogen) atoms. The SMILES string of the molecule is O=C1Cc2cc(N3Cc4c(sc5c(Br)sc(Br)c45)C3=O)ccc21. The first-order valence-corrected chi connectivity index (χ1v) is 10.1. The van der Waals surface area contributed by atoms with Crippen molar-refractivity contribution < 1.29 is 9.59 Å². The molecule has 0 radical (unpaired) electrons. The molecule has 3 nitrogen and oxygen atoms in total. The molecule has 1 aliphatic carbocycles. The van der Waals surface area contributed by atoms with Gasteiger partial charge in [-0.3, -0.25) is 9.59 Å². The van der Waals surface area contributed by atoms with E-state index in [2.05, 4.69) is 31.9 Å². The quantitative estimate of drug-likeness (QED) is 0.480. The van der Waals surface area contributed by atoms with Crippen LogP contribution in [0.15, 0.2) is 25.8 Å². The fourth-order valence-corrected chi connectivity index (χ4v) is 7.93. The van der Waals surface area contributed by atoms with Gasteiger partial charge in [0.25, 0.3) is 5.91 Å². The maximum absolute atomic E-state index is 12.8. The van der Waals surface area contributed by atoms with E-state index >= 15 is 0 Å². The number of Topliss-reactive ketones (excluding diaryl/α,β-unsaturated/α-hetero) is 1. The number of thiophene rings is 2. The summed E-state index contributed by atoms with van der Waals surface area (Å²) in [5.41, 5.74) is 3.81. The van der Waals surface area contributed by atoms with Crippen molar-refractivity contribution in [3.8, 4) is 0 Å². The normalized spacial score (nSPS) is 16.0. The molecule has 7 heteroatoms. The van der Waals surface area contributed by atoms with Crippen molar-refractivity contribution >= 4 is 82.0 Å². The molecule has 1 aromatic carbocycles. The summed E-state index contributed by atoms with van der Waals surface area (Å²) in [6, 6.07) is 5.68. The summed E-state index contributed by atoms with van der Waals surface area (Å²) in [5.74, 6) is 0.239. The van der Waals surface area contributed by atoms with Crippen LogP contribution in [0, 0.1) is 0 Å². The van der Waals surface area contributed by atoms with Crippen molar-refractivity contribution in [3.63, 3.8) is 0 Å². The molecule has 5 rings (SSSR count). The number of amides is 1. The smallest absolute Gasteiger partial charge is 0.269 e. The van der Waals surface area contributed by atoms with Crippen LogP contribution in [0.2, 0.25) is 0 Å². The summed E-state index contributed by atoms with van der Waals surface area (Å²) in [6.45, 7) is 0.586. The highest BCUT2D eigenvalue weighted by Gasteiger charge is 2.35. The third kappa shape index (κ3) is 1.85. The zero-order valence-corrected chi connectivity index (χ0v) is 16.3. The first kappa shape index (κ1) is 14.3. The molecule has 1 amide bonds. The Kier molecular flexibility index (Phi) is 2.96. The van der Waals surface area contributed by atoms with Crippen LogP contribution in [-0.4, -0.2) is 11.7 Å². The van der Waals surface area contributed by atoms with E-state index in [1.54, 1.807) is 22.7 Å². The van der Waals surface area contributed by atoms with Gasteiger partial charge >= 0.3 is 0 Å². The minimum absolute atomic E-state index is 0.0515. The Balaban J connectivity index is 1.61.